The van der Waals surface area contributed by atoms with Crippen molar-refractivity contribution in [2.24, 2.45) is 0 Å². The number of sulfonamides is 1. The fraction of sp³-hybridized carbons (Fsp3) is 0.348. The van der Waals surface area contributed by atoms with Crippen LogP contribution in [0.4, 0.5) is 0 Å². The van der Waals surface area contributed by atoms with E-state index in [-0.39, 0.29) is 5.91 Å². The summed E-state index contributed by atoms with van der Waals surface area (Å²) in [5.41, 5.74) is 1.67. The average Bonchev–Trinajstić information content (AvgIpc) is 3.04. The van der Waals surface area contributed by atoms with Gasteiger partial charge in [0.2, 0.25) is 15.9 Å². The van der Waals surface area contributed by atoms with Gasteiger partial charge in [0, 0.05) is 35.8 Å². The van der Waals surface area contributed by atoms with Crippen LogP contribution in [0.2, 0.25) is 10.0 Å². The SMILES string of the molecule is O=C(/C=C/c1ccc(Cl)cc1Cl)NCCc1ccc(S(=O)(=O)N2CCCCCC2)cc1. The number of nitrogens with zero attached hydrogens (tertiary/aromatic N) is 1. The lowest BCUT2D eigenvalue weighted by atomic mass is 10.1. The molecule has 31 heavy (non-hydrogen) atoms. The van der Waals surface area contributed by atoms with Crippen LogP contribution in [0.15, 0.2) is 53.4 Å². The van der Waals surface area contributed by atoms with Crippen molar-refractivity contribution in [2.75, 3.05) is 19.6 Å². The third-order valence-corrected chi connectivity index (χ3v) is 7.69. The van der Waals surface area contributed by atoms with Crippen LogP contribution in [0.25, 0.3) is 6.08 Å². The Bertz CT molecular complexity index is 1030. The van der Waals surface area contributed by atoms with Gasteiger partial charge in [0.1, 0.15) is 0 Å². The van der Waals surface area contributed by atoms with Crippen LogP contribution in [0.3, 0.4) is 0 Å². The van der Waals surface area contributed by atoms with Crippen molar-refractivity contribution in [3.8, 4) is 0 Å². The minimum atomic E-state index is -3.44. The highest BCUT2D eigenvalue weighted by Crippen LogP contribution is 2.22. The largest absolute Gasteiger partial charge is 0.352 e. The maximum Gasteiger partial charge on any atom is 0.244 e. The molecule has 2 aromatic rings. The summed E-state index contributed by atoms with van der Waals surface area (Å²) in [4.78, 5) is 12.3. The molecule has 0 unspecified atom stereocenters. The molecule has 8 heteroatoms. The molecule has 0 saturated carbocycles. The summed E-state index contributed by atoms with van der Waals surface area (Å²) in [5, 5.41) is 3.83. The van der Waals surface area contributed by atoms with Crippen molar-refractivity contribution in [3.63, 3.8) is 0 Å². The third kappa shape index (κ3) is 6.81. The molecule has 0 atom stereocenters. The molecule has 0 radical (unpaired) electrons. The Morgan fingerprint density at radius 1 is 1.00 bits per heavy atom. The van der Waals surface area contributed by atoms with Crippen molar-refractivity contribution in [2.45, 2.75) is 37.0 Å². The highest BCUT2D eigenvalue weighted by atomic mass is 35.5. The molecule has 2 aromatic carbocycles. The molecule has 1 N–H and O–H groups in total. The number of hydrogen-bond donors (Lipinski definition) is 1. The molecule has 166 valence electrons. The van der Waals surface area contributed by atoms with E-state index in [4.69, 9.17) is 23.2 Å². The van der Waals surface area contributed by atoms with E-state index in [1.54, 1.807) is 52.8 Å². The third-order valence-electron chi connectivity index (χ3n) is 5.22. The van der Waals surface area contributed by atoms with Gasteiger partial charge in [0.15, 0.2) is 0 Å². The van der Waals surface area contributed by atoms with Crippen LogP contribution in [0.5, 0.6) is 0 Å². The van der Waals surface area contributed by atoms with Gasteiger partial charge in [-0.15, -0.1) is 0 Å². The number of amides is 1. The van der Waals surface area contributed by atoms with Crippen molar-refractivity contribution >= 4 is 45.2 Å². The second-order valence-corrected chi connectivity index (χ2v) is 10.3. The Kier molecular flexibility index (Phi) is 8.55. The summed E-state index contributed by atoms with van der Waals surface area (Å²) >= 11 is 12.0. The molecule has 1 amide bonds. The monoisotopic (exact) mass is 480 g/mol. The molecule has 0 bridgehead atoms. The number of benzene rings is 2. The first-order valence-electron chi connectivity index (χ1n) is 10.4. The van der Waals surface area contributed by atoms with E-state index < -0.39 is 10.0 Å². The summed E-state index contributed by atoms with van der Waals surface area (Å²) < 4.78 is 27.3. The van der Waals surface area contributed by atoms with E-state index in [2.05, 4.69) is 5.32 Å². The molecule has 0 aliphatic carbocycles. The first kappa shape index (κ1) is 23.8. The summed E-state index contributed by atoms with van der Waals surface area (Å²) in [6.07, 6.45) is 7.65. The average molecular weight is 481 g/mol. The van der Waals surface area contributed by atoms with E-state index >= 15 is 0 Å². The molecule has 0 spiro atoms. The van der Waals surface area contributed by atoms with Gasteiger partial charge in [-0.05, 0) is 60.7 Å². The highest BCUT2D eigenvalue weighted by Gasteiger charge is 2.24. The number of rotatable bonds is 7. The number of nitrogens with one attached hydrogen (secondary N) is 1. The Labute approximate surface area is 194 Å². The van der Waals surface area contributed by atoms with E-state index in [1.807, 2.05) is 0 Å². The second-order valence-electron chi connectivity index (χ2n) is 7.50. The Morgan fingerprint density at radius 3 is 2.32 bits per heavy atom. The Balaban J connectivity index is 1.51. The number of carbonyl (C=O) groups is 1. The molecule has 0 aromatic heterocycles. The molecule has 1 fully saturated rings. The Morgan fingerprint density at radius 2 is 1.68 bits per heavy atom. The molecule has 5 nitrogen and oxygen atoms in total. The van der Waals surface area contributed by atoms with E-state index in [1.165, 1.54) is 6.08 Å². The van der Waals surface area contributed by atoms with E-state index in [0.29, 0.717) is 46.6 Å². The summed E-state index contributed by atoms with van der Waals surface area (Å²) in [7, 11) is -3.44. The minimum Gasteiger partial charge on any atom is -0.352 e. The topological polar surface area (TPSA) is 66.5 Å². The maximum atomic E-state index is 12.8. The summed E-state index contributed by atoms with van der Waals surface area (Å²) in [6.45, 7) is 1.62. The van der Waals surface area contributed by atoms with Crippen LogP contribution in [0.1, 0.15) is 36.8 Å². The van der Waals surface area contributed by atoms with Crippen LogP contribution in [-0.4, -0.2) is 38.3 Å². The smallest absolute Gasteiger partial charge is 0.244 e. The van der Waals surface area contributed by atoms with Crippen molar-refractivity contribution in [1.82, 2.24) is 9.62 Å². The molecule has 1 saturated heterocycles. The first-order valence-corrected chi connectivity index (χ1v) is 12.6. The summed E-state index contributed by atoms with van der Waals surface area (Å²) in [6, 6.07) is 12.0. The van der Waals surface area contributed by atoms with Crippen molar-refractivity contribution < 1.29 is 13.2 Å². The van der Waals surface area contributed by atoms with Gasteiger partial charge in [-0.3, -0.25) is 4.79 Å². The van der Waals surface area contributed by atoms with Crippen LogP contribution < -0.4 is 5.32 Å². The predicted molar refractivity (Wildman–Crippen MR) is 126 cm³/mol. The van der Waals surface area contributed by atoms with Gasteiger partial charge in [-0.1, -0.05) is 54.2 Å². The van der Waals surface area contributed by atoms with Gasteiger partial charge in [0.25, 0.3) is 0 Å². The standard InChI is InChI=1S/C23H26Cl2N2O3S/c24-20-9-7-19(22(25)17-20)8-12-23(28)26-14-13-18-5-10-21(11-6-18)31(29,30)27-15-3-1-2-4-16-27/h5-12,17H,1-4,13-16H2,(H,26,28)/b12-8+. The molecule has 1 heterocycles. The maximum absolute atomic E-state index is 12.8. The second kappa shape index (κ2) is 11.1. The fourth-order valence-electron chi connectivity index (χ4n) is 3.45. The van der Waals surface area contributed by atoms with Crippen LogP contribution in [0, 0.1) is 0 Å². The molecular weight excluding hydrogens is 455 g/mol. The molecular formula is C23H26Cl2N2O3S. The van der Waals surface area contributed by atoms with Gasteiger partial charge < -0.3 is 5.32 Å². The number of carbonyl (C=O) groups excluding carboxylic acids is 1. The van der Waals surface area contributed by atoms with Gasteiger partial charge in [-0.2, -0.15) is 4.31 Å². The number of hydrogen-bond acceptors (Lipinski definition) is 3. The van der Waals surface area contributed by atoms with Crippen LogP contribution in [-0.2, 0) is 21.2 Å². The summed E-state index contributed by atoms with van der Waals surface area (Å²) in [5.74, 6) is -0.230. The van der Waals surface area contributed by atoms with Crippen molar-refractivity contribution in [1.29, 1.82) is 0 Å². The van der Waals surface area contributed by atoms with Gasteiger partial charge in [0.05, 0.1) is 4.90 Å². The Hall–Kier alpha value is -1.86. The lowest BCUT2D eigenvalue weighted by Crippen LogP contribution is -2.31. The lowest BCUT2D eigenvalue weighted by molar-refractivity contribution is -0.116. The zero-order valence-electron chi connectivity index (χ0n) is 17.2. The van der Waals surface area contributed by atoms with E-state index in [0.717, 1.165) is 31.2 Å². The van der Waals surface area contributed by atoms with Crippen LogP contribution >= 0.6 is 23.2 Å². The quantitative estimate of drug-likeness (QED) is 0.571. The van der Waals surface area contributed by atoms with Gasteiger partial charge >= 0.3 is 0 Å². The predicted octanol–water partition coefficient (Wildman–Crippen LogP) is 4.93. The highest BCUT2D eigenvalue weighted by molar-refractivity contribution is 7.89. The number of halogens is 2. The molecule has 3 rings (SSSR count). The first-order chi connectivity index (χ1) is 14.9. The normalized spacial score (nSPS) is 15.7. The fourth-order valence-corrected chi connectivity index (χ4v) is 5.44. The van der Waals surface area contributed by atoms with Gasteiger partial charge in [-0.25, -0.2) is 8.42 Å². The van der Waals surface area contributed by atoms with Crippen molar-refractivity contribution in [3.05, 3.63) is 69.7 Å². The zero-order chi connectivity index (χ0) is 22.3. The lowest BCUT2D eigenvalue weighted by Gasteiger charge is -2.20. The van der Waals surface area contributed by atoms with E-state index in [9.17, 15) is 13.2 Å². The molecule has 1 aliphatic heterocycles. The zero-order valence-corrected chi connectivity index (χ0v) is 19.5. The molecule has 1 aliphatic rings. The minimum absolute atomic E-state index is 0.230.